The van der Waals surface area contributed by atoms with Crippen molar-refractivity contribution in [1.82, 2.24) is 19.5 Å². The van der Waals surface area contributed by atoms with E-state index in [1.54, 1.807) is 0 Å². The maximum Gasteiger partial charge on any atom is 0.164 e. The minimum absolute atomic E-state index is 0.223. The summed E-state index contributed by atoms with van der Waals surface area (Å²) in [4.78, 5) is 16.7. The Morgan fingerprint density at radius 1 is 0.552 bits per heavy atom. The second-order valence-electron chi connectivity index (χ2n) is 15.4. The Labute approximate surface area is 340 Å². The number of allylic oxidation sites excluding steroid dienone is 7. The molecule has 0 saturated carbocycles. The fourth-order valence-corrected chi connectivity index (χ4v) is 10.8. The third-order valence-corrected chi connectivity index (χ3v) is 13.6. The number of fused-ring (bicyclic) bond motifs is 10. The number of nitrogens with zero attached hydrogens (tertiary/aromatic N) is 4. The van der Waals surface area contributed by atoms with E-state index in [0.717, 1.165) is 28.9 Å². The van der Waals surface area contributed by atoms with Crippen LogP contribution in [-0.4, -0.2) is 24.8 Å². The molecule has 7 aromatic carbocycles. The summed E-state index contributed by atoms with van der Waals surface area (Å²) in [5.74, 6) is 2.69. The van der Waals surface area contributed by atoms with Crippen molar-refractivity contribution in [2.45, 2.75) is 28.4 Å². The number of hydrogen-bond acceptors (Lipinski definition) is 4. The van der Waals surface area contributed by atoms with E-state index >= 15 is 0 Å². The molecular weight excluding hydrogens is 725 g/mol. The van der Waals surface area contributed by atoms with Gasteiger partial charge in [-0.05, 0) is 63.4 Å². The Kier molecular flexibility index (Phi) is 7.70. The highest BCUT2D eigenvalue weighted by molar-refractivity contribution is 8.00. The first kappa shape index (κ1) is 33.3. The third-order valence-electron chi connectivity index (χ3n) is 12.2. The number of rotatable bonds is 5. The van der Waals surface area contributed by atoms with E-state index in [1.807, 2.05) is 30.0 Å². The highest BCUT2D eigenvalue weighted by Crippen LogP contribution is 2.52. The molecule has 3 aliphatic rings. The monoisotopic (exact) mass is 760 g/mol. The standard InChI is InChI=1S/C53H36N4S/c1-2-13-37(14-3-1)51-54-52(56-53(55-51)44-19-10-18-43-42-17-8-9-20-47(42)58-50(43)44)38-23-21-33(22-24-38)34-25-29-39(30-26-34)57-45-31-27-35-11-4-6-15-40(35)48(45)49-41-16-7-5-12-36(41)28-32-46(49)57/h1-25,27-32,34,43,50H,26H2. The second-order valence-corrected chi connectivity index (χ2v) is 16.6. The molecule has 3 heterocycles. The lowest BCUT2D eigenvalue weighted by Gasteiger charge is -2.22. The summed E-state index contributed by atoms with van der Waals surface area (Å²) in [5.41, 5.74) is 9.45. The first-order valence-corrected chi connectivity index (χ1v) is 20.9. The number of aromatic nitrogens is 4. The van der Waals surface area contributed by atoms with Gasteiger partial charge in [0.15, 0.2) is 17.5 Å². The van der Waals surface area contributed by atoms with Crippen molar-refractivity contribution >= 4 is 66.4 Å². The SMILES string of the molecule is C1=CC2c3ccccc3SC2C(c2nc(-c3ccccc3)nc(-c3ccc(C4C=CC(n5c6ccc7ccccc7c6c6c7ccccc7ccc65)=CC4)cc3)n2)=C1. The largest absolute Gasteiger partial charge is 0.310 e. The molecule has 0 N–H and O–H groups in total. The van der Waals surface area contributed by atoms with E-state index in [1.165, 1.54) is 65.1 Å². The highest BCUT2D eigenvalue weighted by Gasteiger charge is 2.37. The van der Waals surface area contributed by atoms with Crippen LogP contribution in [0.3, 0.4) is 0 Å². The minimum atomic E-state index is 0.223. The van der Waals surface area contributed by atoms with Crippen molar-refractivity contribution < 1.29 is 0 Å². The summed E-state index contributed by atoms with van der Waals surface area (Å²) < 4.78 is 2.46. The van der Waals surface area contributed by atoms with Crippen LogP contribution < -0.4 is 0 Å². The van der Waals surface area contributed by atoms with Gasteiger partial charge in [0.2, 0.25) is 0 Å². The van der Waals surface area contributed by atoms with Gasteiger partial charge in [-0.15, -0.1) is 11.8 Å². The molecule has 0 fully saturated rings. The van der Waals surface area contributed by atoms with Crippen molar-refractivity contribution in [2.24, 2.45) is 0 Å². The Morgan fingerprint density at radius 2 is 1.17 bits per heavy atom. The van der Waals surface area contributed by atoms with E-state index in [2.05, 4.69) is 174 Å². The molecule has 5 heteroatoms. The van der Waals surface area contributed by atoms with Gasteiger partial charge in [-0.25, -0.2) is 15.0 Å². The zero-order chi connectivity index (χ0) is 38.2. The molecule has 9 aromatic rings. The Bertz CT molecular complexity index is 3150. The van der Waals surface area contributed by atoms with Gasteiger partial charge in [0.25, 0.3) is 0 Å². The molecule has 58 heavy (non-hydrogen) atoms. The first-order chi connectivity index (χ1) is 28.7. The summed E-state index contributed by atoms with van der Waals surface area (Å²) in [7, 11) is 0. The summed E-state index contributed by atoms with van der Waals surface area (Å²) >= 11 is 1.91. The number of thioether (sulfide) groups is 1. The average Bonchev–Trinajstić information content (AvgIpc) is 3.86. The highest BCUT2D eigenvalue weighted by atomic mass is 32.2. The molecule has 0 spiro atoms. The molecule has 0 radical (unpaired) electrons. The summed E-state index contributed by atoms with van der Waals surface area (Å²) in [6.45, 7) is 0. The van der Waals surface area contributed by atoms with Crippen molar-refractivity contribution in [3.8, 4) is 22.8 Å². The minimum Gasteiger partial charge on any atom is -0.310 e. The zero-order valence-electron chi connectivity index (χ0n) is 31.5. The Morgan fingerprint density at radius 3 is 1.86 bits per heavy atom. The van der Waals surface area contributed by atoms with E-state index in [0.29, 0.717) is 17.6 Å². The second kappa shape index (κ2) is 13.4. The van der Waals surface area contributed by atoms with Gasteiger partial charge in [-0.1, -0.05) is 164 Å². The van der Waals surface area contributed by atoms with Crippen LogP contribution >= 0.6 is 11.8 Å². The molecular formula is C53H36N4S. The molecule has 2 aromatic heterocycles. The van der Waals surface area contributed by atoms with E-state index in [4.69, 9.17) is 15.0 Å². The van der Waals surface area contributed by atoms with Crippen molar-refractivity contribution in [2.75, 3.05) is 0 Å². The van der Waals surface area contributed by atoms with E-state index < -0.39 is 0 Å². The third kappa shape index (κ3) is 5.34. The van der Waals surface area contributed by atoms with Gasteiger partial charge < -0.3 is 4.57 Å². The van der Waals surface area contributed by atoms with Crippen LogP contribution in [0.4, 0.5) is 0 Å². The average molecular weight is 761 g/mol. The molecule has 2 aliphatic carbocycles. The van der Waals surface area contributed by atoms with Crippen molar-refractivity contribution in [1.29, 1.82) is 0 Å². The van der Waals surface area contributed by atoms with Gasteiger partial charge >= 0.3 is 0 Å². The maximum atomic E-state index is 5.18. The lowest BCUT2D eigenvalue weighted by Crippen LogP contribution is -2.16. The molecule has 0 saturated heterocycles. The fourth-order valence-electron chi connectivity index (χ4n) is 9.35. The molecule has 12 rings (SSSR count). The van der Waals surface area contributed by atoms with Crippen molar-refractivity contribution in [3.63, 3.8) is 0 Å². The zero-order valence-corrected chi connectivity index (χ0v) is 32.4. The van der Waals surface area contributed by atoms with Crippen molar-refractivity contribution in [3.05, 3.63) is 205 Å². The van der Waals surface area contributed by atoms with Crippen LogP contribution in [0.25, 0.3) is 77.4 Å². The smallest absolute Gasteiger partial charge is 0.164 e. The summed E-state index contributed by atoms with van der Waals surface area (Å²) in [6.07, 6.45) is 14.7. The van der Waals surface area contributed by atoms with Crippen LogP contribution in [0.5, 0.6) is 0 Å². The Hall–Kier alpha value is -6.82. The summed E-state index contributed by atoms with van der Waals surface area (Å²) in [5, 5.41) is 7.96. The van der Waals surface area contributed by atoms with Gasteiger partial charge in [0.1, 0.15) is 0 Å². The molecule has 0 bridgehead atoms. The lowest BCUT2D eigenvalue weighted by molar-refractivity contribution is 0.850. The van der Waals surface area contributed by atoms with E-state index in [9.17, 15) is 0 Å². The molecule has 0 amide bonds. The maximum absolute atomic E-state index is 5.18. The predicted octanol–water partition coefficient (Wildman–Crippen LogP) is 13.4. The lowest BCUT2D eigenvalue weighted by atomic mass is 9.88. The quantitative estimate of drug-likeness (QED) is 0.175. The van der Waals surface area contributed by atoms with Crippen LogP contribution in [0.2, 0.25) is 0 Å². The topological polar surface area (TPSA) is 43.6 Å². The van der Waals surface area contributed by atoms with Gasteiger partial charge in [-0.2, -0.15) is 0 Å². The van der Waals surface area contributed by atoms with E-state index in [-0.39, 0.29) is 11.2 Å². The van der Waals surface area contributed by atoms with Crippen LogP contribution in [0, 0.1) is 0 Å². The van der Waals surface area contributed by atoms with Gasteiger partial charge in [0.05, 0.1) is 11.0 Å². The molecule has 3 unspecified atom stereocenters. The Balaban J connectivity index is 0.883. The van der Waals surface area contributed by atoms with Gasteiger partial charge in [-0.3, -0.25) is 0 Å². The predicted molar refractivity (Wildman–Crippen MR) is 242 cm³/mol. The molecule has 1 aliphatic heterocycles. The molecule has 4 nitrogen and oxygen atoms in total. The van der Waals surface area contributed by atoms with Crippen LogP contribution in [0.1, 0.15) is 35.2 Å². The molecule has 3 atom stereocenters. The van der Waals surface area contributed by atoms with Crippen LogP contribution in [-0.2, 0) is 0 Å². The van der Waals surface area contributed by atoms with Crippen LogP contribution in [0.15, 0.2) is 193 Å². The summed E-state index contributed by atoms with van der Waals surface area (Å²) in [6, 6.07) is 54.5. The normalized spacial score (nSPS) is 18.4. The van der Waals surface area contributed by atoms with Gasteiger partial charge in [0, 0.05) is 55.2 Å². The number of hydrogen-bond donors (Lipinski definition) is 0. The number of benzene rings is 7. The molecule has 274 valence electrons. The fraction of sp³-hybridized carbons (Fsp3) is 0.0755. The first-order valence-electron chi connectivity index (χ1n) is 20.0.